The zero-order valence-electron chi connectivity index (χ0n) is 10.3. The van der Waals surface area contributed by atoms with E-state index in [2.05, 4.69) is 10.1 Å². The summed E-state index contributed by atoms with van der Waals surface area (Å²) in [6.07, 6.45) is -1.51. The first-order valence-corrected chi connectivity index (χ1v) is 5.72. The number of halogens is 1. The molecule has 1 rings (SSSR count). The number of ether oxygens (including phenoxy) is 1. The van der Waals surface area contributed by atoms with Gasteiger partial charge in [-0.2, -0.15) is 0 Å². The molecule has 0 aliphatic rings. The smallest absolute Gasteiger partial charge is 0.336 e. The Morgan fingerprint density at radius 2 is 2.20 bits per heavy atom. The molecule has 0 heterocycles. The van der Waals surface area contributed by atoms with Crippen LogP contribution in [0.2, 0.25) is 5.02 Å². The van der Waals surface area contributed by atoms with Gasteiger partial charge in [-0.05, 0) is 12.1 Å². The van der Waals surface area contributed by atoms with Crippen molar-refractivity contribution in [3.63, 3.8) is 0 Å². The summed E-state index contributed by atoms with van der Waals surface area (Å²) in [5.41, 5.74) is -0.425. The van der Waals surface area contributed by atoms with Gasteiger partial charge in [0.05, 0.1) is 18.6 Å². The van der Waals surface area contributed by atoms with Crippen LogP contribution in [-0.4, -0.2) is 41.7 Å². The monoisotopic (exact) mass is 302 g/mol. The van der Waals surface area contributed by atoms with Gasteiger partial charge in [-0.25, -0.2) is 4.79 Å². The van der Waals surface area contributed by atoms with Crippen LogP contribution in [0.25, 0.3) is 0 Å². The maximum atomic E-state index is 11.7. The Morgan fingerprint density at radius 1 is 1.55 bits per heavy atom. The predicted octanol–water partition coefficient (Wildman–Crippen LogP) is 0.512. The van der Waals surface area contributed by atoms with E-state index in [1.807, 2.05) is 0 Å². The Bertz CT molecular complexity index is 548. The molecule has 0 aliphatic heterocycles. The quantitative estimate of drug-likeness (QED) is 0.465. The highest BCUT2D eigenvalue weighted by molar-refractivity contribution is 6.32. The van der Waals surface area contributed by atoms with Crippen LogP contribution in [0.4, 0.5) is 5.69 Å². The first kappa shape index (κ1) is 15.9. The van der Waals surface area contributed by atoms with E-state index in [9.17, 15) is 24.8 Å². The lowest BCUT2D eigenvalue weighted by Gasteiger charge is -2.09. The molecule has 0 radical (unpaired) electrons. The molecule has 8 nitrogen and oxygen atoms in total. The number of benzene rings is 1. The lowest BCUT2D eigenvalue weighted by Crippen LogP contribution is -2.37. The van der Waals surface area contributed by atoms with Crippen molar-refractivity contribution < 1.29 is 24.4 Å². The van der Waals surface area contributed by atoms with Crippen LogP contribution in [0, 0.1) is 10.1 Å². The number of nitrogens with zero attached hydrogens (tertiary/aromatic N) is 1. The molecule has 1 aromatic rings. The number of nitro benzene ring substituents is 1. The minimum Gasteiger partial charge on any atom is -0.467 e. The van der Waals surface area contributed by atoms with E-state index in [0.717, 1.165) is 13.2 Å². The molecule has 1 unspecified atom stereocenters. The molecule has 2 N–H and O–H groups in total. The number of hydrogen-bond donors (Lipinski definition) is 2. The summed E-state index contributed by atoms with van der Waals surface area (Å²) in [6, 6.07) is 3.50. The van der Waals surface area contributed by atoms with Gasteiger partial charge in [0.25, 0.3) is 11.6 Å². The molecular formula is C11H11ClN2O6. The van der Waals surface area contributed by atoms with Crippen LogP contribution in [0.5, 0.6) is 0 Å². The number of nitrogens with one attached hydrogen (secondary N) is 1. The molecule has 0 spiro atoms. The van der Waals surface area contributed by atoms with Crippen molar-refractivity contribution in [1.82, 2.24) is 5.32 Å². The Morgan fingerprint density at radius 3 is 2.75 bits per heavy atom. The number of methoxy groups -OCH3 is 1. The first-order chi connectivity index (χ1) is 9.36. The maximum Gasteiger partial charge on any atom is 0.336 e. The number of nitro groups is 1. The van der Waals surface area contributed by atoms with E-state index in [1.54, 1.807) is 0 Å². The number of esters is 1. The van der Waals surface area contributed by atoms with Gasteiger partial charge >= 0.3 is 5.97 Å². The second-order valence-electron chi connectivity index (χ2n) is 3.67. The number of carbonyl (C=O) groups is 2. The summed E-state index contributed by atoms with van der Waals surface area (Å²) < 4.78 is 4.27. The van der Waals surface area contributed by atoms with Crippen LogP contribution in [0.3, 0.4) is 0 Å². The van der Waals surface area contributed by atoms with Gasteiger partial charge in [-0.3, -0.25) is 14.9 Å². The summed E-state index contributed by atoms with van der Waals surface area (Å²) in [5, 5.41) is 22.1. The molecule has 20 heavy (non-hydrogen) atoms. The molecule has 0 bridgehead atoms. The molecule has 0 aromatic heterocycles. The lowest BCUT2D eigenvalue weighted by molar-refractivity contribution is -0.384. The van der Waals surface area contributed by atoms with Crippen molar-refractivity contribution in [3.05, 3.63) is 38.9 Å². The van der Waals surface area contributed by atoms with Crippen LogP contribution in [0.1, 0.15) is 10.4 Å². The maximum absolute atomic E-state index is 11.7. The standard InChI is InChI=1S/C11H11ClN2O6/c1-20-11(17)9(15)5-13-10(16)6-2-3-7(12)8(4-6)14(18)19/h2-4,9,15H,5H2,1H3,(H,13,16). The van der Waals surface area contributed by atoms with Gasteiger partial charge in [-0.15, -0.1) is 0 Å². The highest BCUT2D eigenvalue weighted by atomic mass is 35.5. The Kier molecular flexibility index (Phi) is 5.42. The van der Waals surface area contributed by atoms with Gasteiger partial charge in [0.15, 0.2) is 6.10 Å². The Labute approximate surface area is 118 Å². The third kappa shape index (κ3) is 3.90. The van der Waals surface area contributed by atoms with Gasteiger partial charge in [-0.1, -0.05) is 11.6 Å². The largest absolute Gasteiger partial charge is 0.467 e. The van der Waals surface area contributed by atoms with E-state index >= 15 is 0 Å². The summed E-state index contributed by atoms with van der Waals surface area (Å²) in [5.74, 6) is -1.58. The summed E-state index contributed by atoms with van der Waals surface area (Å²) in [7, 11) is 1.09. The van der Waals surface area contributed by atoms with Crippen molar-refractivity contribution >= 4 is 29.2 Å². The summed E-state index contributed by atoms with van der Waals surface area (Å²) in [6.45, 7) is -0.373. The van der Waals surface area contributed by atoms with Crippen LogP contribution < -0.4 is 5.32 Å². The van der Waals surface area contributed by atoms with E-state index in [1.165, 1.54) is 12.1 Å². The minimum atomic E-state index is -1.51. The van der Waals surface area contributed by atoms with E-state index in [4.69, 9.17) is 11.6 Å². The van der Waals surface area contributed by atoms with Gasteiger partial charge in [0.1, 0.15) is 5.02 Å². The normalized spacial score (nSPS) is 11.6. The summed E-state index contributed by atoms with van der Waals surface area (Å²) >= 11 is 5.61. The molecule has 0 aliphatic carbocycles. The van der Waals surface area contributed by atoms with Crippen molar-refractivity contribution in [3.8, 4) is 0 Å². The zero-order valence-corrected chi connectivity index (χ0v) is 11.1. The average Bonchev–Trinajstić information content (AvgIpc) is 2.43. The van der Waals surface area contributed by atoms with Crippen molar-refractivity contribution in [2.24, 2.45) is 0 Å². The fourth-order valence-corrected chi connectivity index (χ4v) is 1.49. The molecule has 1 atom stereocenters. The van der Waals surface area contributed by atoms with E-state index < -0.39 is 28.6 Å². The Hall–Kier alpha value is -2.19. The first-order valence-electron chi connectivity index (χ1n) is 5.35. The Balaban J connectivity index is 2.76. The fourth-order valence-electron chi connectivity index (χ4n) is 1.30. The number of amides is 1. The number of aliphatic hydroxyl groups excluding tert-OH is 1. The molecule has 1 aromatic carbocycles. The van der Waals surface area contributed by atoms with Crippen LogP contribution in [-0.2, 0) is 9.53 Å². The summed E-state index contributed by atoms with van der Waals surface area (Å²) in [4.78, 5) is 32.6. The van der Waals surface area contributed by atoms with E-state index in [-0.39, 0.29) is 17.1 Å². The number of hydrogen-bond acceptors (Lipinski definition) is 6. The third-order valence-electron chi connectivity index (χ3n) is 2.33. The molecule has 0 fully saturated rings. The molecule has 0 saturated heterocycles. The van der Waals surface area contributed by atoms with Crippen LogP contribution >= 0.6 is 11.6 Å². The molecule has 0 saturated carbocycles. The number of rotatable bonds is 5. The van der Waals surface area contributed by atoms with Gasteiger partial charge in [0.2, 0.25) is 0 Å². The highest BCUT2D eigenvalue weighted by Crippen LogP contribution is 2.24. The molecule has 1 amide bonds. The zero-order chi connectivity index (χ0) is 15.3. The average molecular weight is 303 g/mol. The minimum absolute atomic E-state index is 0.0156. The second-order valence-corrected chi connectivity index (χ2v) is 4.08. The van der Waals surface area contributed by atoms with Crippen molar-refractivity contribution in [2.45, 2.75) is 6.10 Å². The second kappa shape index (κ2) is 6.83. The molecule has 9 heteroatoms. The molecule has 108 valence electrons. The highest BCUT2D eigenvalue weighted by Gasteiger charge is 2.19. The van der Waals surface area contributed by atoms with Crippen molar-refractivity contribution in [2.75, 3.05) is 13.7 Å². The molecular weight excluding hydrogens is 292 g/mol. The third-order valence-corrected chi connectivity index (χ3v) is 2.65. The van der Waals surface area contributed by atoms with E-state index in [0.29, 0.717) is 0 Å². The van der Waals surface area contributed by atoms with Crippen LogP contribution in [0.15, 0.2) is 18.2 Å². The topological polar surface area (TPSA) is 119 Å². The van der Waals surface area contributed by atoms with Gasteiger partial charge in [0, 0.05) is 11.6 Å². The van der Waals surface area contributed by atoms with Gasteiger partial charge < -0.3 is 15.2 Å². The number of carbonyl (C=O) groups excluding carboxylic acids is 2. The SMILES string of the molecule is COC(=O)C(O)CNC(=O)c1ccc(Cl)c([N+](=O)[O-])c1. The fraction of sp³-hybridized carbons (Fsp3) is 0.273. The van der Waals surface area contributed by atoms with Crippen molar-refractivity contribution in [1.29, 1.82) is 0 Å². The predicted molar refractivity (Wildman–Crippen MR) is 68.5 cm³/mol. The number of aliphatic hydroxyl groups is 1. The lowest BCUT2D eigenvalue weighted by atomic mass is 10.2.